The maximum absolute atomic E-state index is 11.9. The lowest BCUT2D eigenvalue weighted by Crippen LogP contribution is -2.38. The highest BCUT2D eigenvalue weighted by Gasteiger charge is 2.28. The zero-order valence-electron chi connectivity index (χ0n) is 15.3. The molecule has 0 spiro atoms. The van der Waals surface area contributed by atoms with E-state index in [0.717, 1.165) is 55.2 Å². The topological polar surface area (TPSA) is 59.6 Å². The van der Waals surface area contributed by atoms with Crippen LogP contribution in [0.2, 0.25) is 0 Å². The number of hydrogen-bond acceptors (Lipinski definition) is 4. The summed E-state index contributed by atoms with van der Waals surface area (Å²) in [7, 11) is 0. The molecule has 1 fully saturated rings. The van der Waals surface area contributed by atoms with Crippen LogP contribution in [0.15, 0.2) is 36.4 Å². The van der Waals surface area contributed by atoms with Gasteiger partial charge in [0.05, 0.1) is 13.2 Å². The van der Waals surface area contributed by atoms with Crippen molar-refractivity contribution in [3.05, 3.63) is 58.7 Å². The van der Waals surface area contributed by atoms with Gasteiger partial charge in [0.15, 0.2) is 0 Å². The molecule has 5 rings (SSSR count). The first-order chi connectivity index (χ1) is 13.3. The van der Waals surface area contributed by atoms with Crippen molar-refractivity contribution in [2.45, 2.75) is 25.3 Å². The number of carbonyl (C=O) groups excluding carboxylic acids is 1. The third-order valence-electron chi connectivity index (χ3n) is 5.98. The molecule has 0 unspecified atom stereocenters. The highest BCUT2D eigenvalue weighted by Crippen LogP contribution is 2.35. The van der Waals surface area contributed by atoms with E-state index in [-0.39, 0.29) is 5.91 Å². The fraction of sp³-hybridized carbons (Fsp3) is 0.409. The molecular weight excluding hydrogens is 340 g/mol. The number of rotatable bonds is 4. The van der Waals surface area contributed by atoms with Crippen molar-refractivity contribution in [1.29, 1.82) is 0 Å². The zero-order chi connectivity index (χ0) is 18.2. The van der Waals surface area contributed by atoms with E-state index in [4.69, 9.17) is 9.47 Å². The van der Waals surface area contributed by atoms with Crippen LogP contribution in [0.25, 0.3) is 0 Å². The van der Waals surface area contributed by atoms with E-state index < -0.39 is 0 Å². The van der Waals surface area contributed by atoms with Crippen LogP contribution in [0.4, 0.5) is 0 Å². The highest BCUT2D eigenvalue weighted by molar-refractivity contribution is 5.98. The smallest absolute Gasteiger partial charge is 0.252 e. The zero-order valence-corrected chi connectivity index (χ0v) is 15.3. The number of benzene rings is 2. The van der Waals surface area contributed by atoms with Crippen molar-refractivity contribution >= 4 is 5.91 Å². The molecule has 5 heteroatoms. The predicted molar refractivity (Wildman–Crippen MR) is 102 cm³/mol. The summed E-state index contributed by atoms with van der Waals surface area (Å²) in [6.07, 6.45) is 2.12. The molecule has 2 aromatic carbocycles. The number of amides is 1. The molecule has 1 saturated heterocycles. The van der Waals surface area contributed by atoms with Gasteiger partial charge in [-0.3, -0.25) is 4.79 Å². The lowest BCUT2D eigenvalue weighted by molar-refractivity contribution is 0.0965. The van der Waals surface area contributed by atoms with E-state index in [1.165, 1.54) is 11.1 Å². The average Bonchev–Trinajstić information content (AvgIpc) is 3.32. The van der Waals surface area contributed by atoms with Crippen LogP contribution >= 0.6 is 0 Å². The highest BCUT2D eigenvalue weighted by atomic mass is 16.5. The molecule has 0 bridgehead atoms. The minimum Gasteiger partial charge on any atom is -0.493 e. The maximum Gasteiger partial charge on any atom is 0.252 e. The molecule has 140 valence electrons. The number of carbonyl (C=O) groups is 1. The fourth-order valence-corrected chi connectivity index (χ4v) is 4.46. The second-order valence-corrected chi connectivity index (χ2v) is 7.64. The quantitative estimate of drug-likeness (QED) is 0.876. The molecule has 5 nitrogen and oxygen atoms in total. The lowest BCUT2D eigenvalue weighted by Gasteiger charge is -2.32. The molecule has 0 aromatic heterocycles. The van der Waals surface area contributed by atoms with Gasteiger partial charge >= 0.3 is 0 Å². The summed E-state index contributed by atoms with van der Waals surface area (Å²) in [6, 6.07) is 12.5. The second kappa shape index (κ2) is 6.89. The maximum atomic E-state index is 11.9. The third-order valence-corrected chi connectivity index (χ3v) is 5.98. The first-order valence-corrected chi connectivity index (χ1v) is 9.78. The molecule has 0 aliphatic carbocycles. The van der Waals surface area contributed by atoms with Crippen LogP contribution in [0.1, 0.15) is 39.4 Å². The summed E-state index contributed by atoms with van der Waals surface area (Å²) < 4.78 is 11.8. The molecule has 2 aromatic rings. The molecule has 3 heterocycles. The van der Waals surface area contributed by atoms with Crippen LogP contribution in [0.3, 0.4) is 0 Å². The van der Waals surface area contributed by atoms with E-state index in [9.17, 15) is 4.79 Å². The van der Waals surface area contributed by atoms with Gasteiger partial charge in [-0.15, -0.1) is 0 Å². The van der Waals surface area contributed by atoms with Gasteiger partial charge in [0.2, 0.25) is 0 Å². The Balaban J connectivity index is 1.31. The summed E-state index contributed by atoms with van der Waals surface area (Å²) in [6.45, 7) is 4.04. The number of hydrogen-bond donors (Lipinski definition) is 2. The van der Waals surface area contributed by atoms with Gasteiger partial charge in [-0.05, 0) is 53.8 Å². The molecule has 0 saturated carbocycles. The van der Waals surface area contributed by atoms with E-state index in [1.54, 1.807) is 0 Å². The van der Waals surface area contributed by atoms with Crippen molar-refractivity contribution in [3.8, 4) is 11.5 Å². The van der Waals surface area contributed by atoms with Crippen molar-refractivity contribution in [1.82, 2.24) is 10.6 Å². The van der Waals surface area contributed by atoms with Crippen LogP contribution in [0.5, 0.6) is 11.5 Å². The third kappa shape index (κ3) is 3.16. The standard InChI is InChI=1S/C22H24N2O3/c25-22-20-10-18(3-1-16(20)12-24-22)27-13-17-11-23-7-5-19(17)14-2-4-21-15(9-14)6-8-26-21/h1-4,9-10,17,19,23H,5-8,11-13H2,(H,24,25)/t17-,19-/m0/s1. The number of piperidine rings is 1. The Bertz CT molecular complexity index is 880. The first-order valence-electron chi connectivity index (χ1n) is 9.78. The molecule has 2 N–H and O–H groups in total. The van der Waals surface area contributed by atoms with Crippen LogP contribution in [-0.4, -0.2) is 32.2 Å². The van der Waals surface area contributed by atoms with Crippen molar-refractivity contribution in [2.24, 2.45) is 5.92 Å². The summed E-state index contributed by atoms with van der Waals surface area (Å²) in [4.78, 5) is 11.9. The number of fused-ring (bicyclic) bond motifs is 2. The van der Waals surface area contributed by atoms with Gasteiger partial charge in [0.1, 0.15) is 11.5 Å². The fourth-order valence-electron chi connectivity index (χ4n) is 4.46. The molecule has 2 atom stereocenters. The van der Waals surface area contributed by atoms with E-state index in [0.29, 0.717) is 25.0 Å². The van der Waals surface area contributed by atoms with E-state index in [1.807, 2.05) is 18.2 Å². The van der Waals surface area contributed by atoms with E-state index >= 15 is 0 Å². The first kappa shape index (κ1) is 16.6. The molecule has 0 radical (unpaired) electrons. The second-order valence-electron chi connectivity index (χ2n) is 7.64. The number of ether oxygens (including phenoxy) is 2. The summed E-state index contributed by atoms with van der Waals surface area (Å²) in [5, 5.41) is 6.36. The Kier molecular flexibility index (Phi) is 4.24. The lowest BCUT2D eigenvalue weighted by atomic mass is 9.81. The Morgan fingerprint density at radius 3 is 3.07 bits per heavy atom. The van der Waals surface area contributed by atoms with Gasteiger partial charge in [-0.2, -0.15) is 0 Å². The summed E-state index contributed by atoms with van der Waals surface area (Å²) in [5.74, 6) is 2.69. The van der Waals surface area contributed by atoms with Crippen LogP contribution in [0, 0.1) is 5.92 Å². The predicted octanol–water partition coefficient (Wildman–Crippen LogP) is 2.64. The van der Waals surface area contributed by atoms with Crippen molar-refractivity contribution in [2.75, 3.05) is 26.3 Å². The van der Waals surface area contributed by atoms with Gasteiger partial charge in [-0.1, -0.05) is 18.2 Å². The normalized spacial score (nSPS) is 23.3. The summed E-state index contributed by atoms with van der Waals surface area (Å²) >= 11 is 0. The minimum absolute atomic E-state index is 0.00646. The molecule has 3 aliphatic rings. The Labute approximate surface area is 159 Å². The van der Waals surface area contributed by atoms with Crippen molar-refractivity contribution < 1.29 is 14.3 Å². The Morgan fingerprint density at radius 1 is 1.15 bits per heavy atom. The van der Waals surface area contributed by atoms with Gasteiger partial charge < -0.3 is 20.1 Å². The largest absolute Gasteiger partial charge is 0.493 e. The Morgan fingerprint density at radius 2 is 2.11 bits per heavy atom. The average molecular weight is 364 g/mol. The van der Waals surface area contributed by atoms with Crippen molar-refractivity contribution in [3.63, 3.8) is 0 Å². The van der Waals surface area contributed by atoms with Gasteiger partial charge in [-0.25, -0.2) is 0 Å². The van der Waals surface area contributed by atoms with Crippen LogP contribution in [-0.2, 0) is 13.0 Å². The molecule has 1 amide bonds. The monoisotopic (exact) mass is 364 g/mol. The Hall–Kier alpha value is -2.53. The molecule has 3 aliphatic heterocycles. The van der Waals surface area contributed by atoms with Gasteiger partial charge in [0, 0.05) is 31.0 Å². The minimum atomic E-state index is -0.00646. The number of nitrogens with one attached hydrogen (secondary N) is 2. The van der Waals surface area contributed by atoms with E-state index in [2.05, 4.69) is 28.8 Å². The van der Waals surface area contributed by atoms with Crippen LogP contribution < -0.4 is 20.1 Å². The molecule has 27 heavy (non-hydrogen) atoms. The van der Waals surface area contributed by atoms with Gasteiger partial charge in [0.25, 0.3) is 5.91 Å². The SMILES string of the molecule is O=C1NCc2ccc(OC[C@@H]3CNCC[C@H]3c3ccc4c(c3)CCO4)cc21. The molecular formula is C22H24N2O3. The summed E-state index contributed by atoms with van der Waals surface area (Å²) in [5.41, 5.74) is 4.51.